The van der Waals surface area contributed by atoms with Crippen LogP contribution in [0.3, 0.4) is 0 Å². The standard InChI is InChI=1S/C11H11NO3S/c1-3-12-10(13)9(16-11(12)14)6-8-5-4-7(2)15-8/h4-6H,3H2,1-2H3. The van der Waals surface area contributed by atoms with Crippen molar-refractivity contribution in [2.45, 2.75) is 13.8 Å². The highest BCUT2D eigenvalue weighted by Gasteiger charge is 2.33. The molecule has 2 rings (SSSR count). The van der Waals surface area contributed by atoms with Gasteiger partial charge in [0.2, 0.25) is 0 Å². The van der Waals surface area contributed by atoms with Crippen LogP contribution in [-0.4, -0.2) is 22.6 Å². The summed E-state index contributed by atoms with van der Waals surface area (Å²) in [4.78, 5) is 24.8. The van der Waals surface area contributed by atoms with Crippen LogP contribution in [0, 0.1) is 6.92 Å². The van der Waals surface area contributed by atoms with Gasteiger partial charge in [-0.15, -0.1) is 0 Å². The van der Waals surface area contributed by atoms with Gasteiger partial charge in [0.25, 0.3) is 11.1 Å². The van der Waals surface area contributed by atoms with E-state index in [4.69, 9.17) is 4.42 Å². The van der Waals surface area contributed by atoms with E-state index in [1.54, 1.807) is 19.1 Å². The van der Waals surface area contributed by atoms with Crippen LogP contribution in [-0.2, 0) is 4.79 Å². The summed E-state index contributed by atoms with van der Waals surface area (Å²) in [5.74, 6) is 1.13. The van der Waals surface area contributed by atoms with Crippen molar-refractivity contribution in [3.8, 4) is 0 Å². The van der Waals surface area contributed by atoms with Gasteiger partial charge in [0.1, 0.15) is 11.5 Å². The molecular formula is C11H11NO3S. The second-order valence-corrected chi connectivity index (χ2v) is 4.37. The average molecular weight is 237 g/mol. The molecule has 5 heteroatoms. The Morgan fingerprint density at radius 2 is 2.19 bits per heavy atom. The highest BCUT2D eigenvalue weighted by Crippen LogP contribution is 2.32. The minimum atomic E-state index is -0.244. The van der Waals surface area contributed by atoms with E-state index in [2.05, 4.69) is 0 Å². The fourth-order valence-corrected chi connectivity index (χ4v) is 2.32. The molecule has 4 nitrogen and oxygen atoms in total. The van der Waals surface area contributed by atoms with Crippen LogP contribution in [0.1, 0.15) is 18.4 Å². The first-order chi connectivity index (χ1) is 7.61. The van der Waals surface area contributed by atoms with Crippen LogP contribution < -0.4 is 0 Å². The van der Waals surface area contributed by atoms with Crippen LogP contribution in [0.2, 0.25) is 0 Å². The lowest BCUT2D eigenvalue weighted by Crippen LogP contribution is -2.27. The summed E-state index contributed by atoms with van der Waals surface area (Å²) in [6.45, 7) is 4.00. The largest absolute Gasteiger partial charge is 0.462 e. The molecule has 1 aromatic rings. The summed E-state index contributed by atoms with van der Waals surface area (Å²) in [6.07, 6.45) is 1.60. The van der Waals surface area contributed by atoms with Gasteiger partial charge in [-0.2, -0.15) is 0 Å². The number of imide groups is 1. The molecule has 16 heavy (non-hydrogen) atoms. The summed E-state index contributed by atoms with van der Waals surface area (Å²) >= 11 is 0.949. The number of carbonyl (C=O) groups excluding carboxylic acids is 2. The van der Waals surface area contributed by atoms with Gasteiger partial charge >= 0.3 is 0 Å². The molecule has 2 amide bonds. The smallest absolute Gasteiger partial charge is 0.293 e. The van der Waals surface area contributed by atoms with Crippen LogP contribution in [0.15, 0.2) is 21.5 Å². The molecule has 0 spiro atoms. The number of hydrogen-bond donors (Lipinski definition) is 0. The Labute approximate surface area is 97.3 Å². The van der Waals surface area contributed by atoms with Crippen molar-refractivity contribution in [2.75, 3.05) is 6.54 Å². The third kappa shape index (κ3) is 1.90. The monoisotopic (exact) mass is 237 g/mol. The van der Waals surface area contributed by atoms with Gasteiger partial charge in [0.15, 0.2) is 0 Å². The summed E-state index contributed by atoms with van der Waals surface area (Å²) in [7, 11) is 0. The molecule has 1 aromatic heterocycles. The molecule has 0 saturated carbocycles. The molecule has 1 fully saturated rings. The number of amides is 2. The predicted molar refractivity (Wildman–Crippen MR) is 61.8 cm³/mol. The van der Waals surface area contributed by atoms with Crippen molar-refractivity contribution in [3.05, 3.63) is 28.6 Å². The maximum Gasteiger partial charge on any atom is 0.293 e. The molecule has 1 aliphatic rings. The van der Waals surface area contributed by atoms with E-state index in [0.29, 0.717) is 17.2 Å². The molecule has 0 N–H and O–H groups in total. The lowest BCUT2D eigenvalue weighted by Gasteiger charge is -2.06. The van der Waals surface area contributed by atoms with E-state index in [9.17, 15) is 9.59 Å². The zero-order chi connectivity index (χ0) is 11.7. The zero-order valence-corrected chi connectivity index (χ0v) is 9.84. The van der Waals surface area contributed by atoms with Gasteiger partial charge in [-0.1, -0.05) is 0 Å². The van der Waals surface area contributed by atoms with Gasteiger partial charge in [0.05, 0.1) is 4.91 Å². The number of rotatable bonds is 2. The summed E-state index contributed by atoms with van der Waals surface area (Å²) < 4.78 is 5.33. The first-order valence-electron chi connectivity index (χ1n) is 4.93. The summed E-state index contributed by atoms with van der Waals surface area (Å²) in [5.41, 5.74) is 0. The van der Waals surface area contributed by atoms with Crippen molar-refractivity contribution in [1.29, 1.82) is 0 Å². The topological polar surface area (TPSA) is 50.5 Å². The van der Waals surface area contributed by atoms with Crippen LogP contribution >= 0.6 is 11.8 Å². The van der Waals surface area contributed by atoms with Gasteiger partial charge in [0, 0.05) is 12.6 Å². The van der Waals surface area contributed by atoms with E-state index in [1.165, 1.54) is 4.90 Å². The number of aryl methyl sites for hydroxylation is 1. The number of hydrogen-bond acceptors (Lipinski definition) is 4. The third-order valence-corrected chi connectivity index (χ3v) is 3.13. The van der Waals surface area contributed by atoms with Crippen molar-refractivity contribution >= 4 is 29.0 Å². The van der Waals surface area contributed by atoms with Crippen molar-refractivity contribution in [2.24, 2.45) is 0 Å². The average Bonchev–Trinajstić information content (AvgIpc) is 2.74. The Hall–Kier alpha value is -1.49. The van der Waals surface area contributed by atoms with E-state index in [1.807, 2.05) is 13.0 Å². The second kappa shape index (κ2) is 4.17. The molecule has 1 saturated heterocycles. The first kappa shape index (κ1) is 11.0. The highest BCUT2D eigenvalue weighted by atomic mass is 32.2. The van der Waals surface area contributed by atoms with Crippen LogP contribution in [0.4, 0.5) is 4.79 Å². The van der Waals surface area contributed by atoms with E-state index >= 15 is 0 Å². The Kier molecular flexibility index (Phi) is 2.87. The molecule has 0 aromatic carbocycles. The third-order valence-electron chi connectivity index (χ3n) is 2.22. The minimum Gasteiger partial charge on any atom is -0.462 e. The fraction of sp³-hybridized carbons (Fsp3) is 0.273. The van der Waals surface area contributed by atoms with Gasteiger partial charge < -0.3 is 4.42 Å². The summed E-state index contributed by atoms with van der Waals surface area (Å²) in [5, 5.41) is -0.220. The molecular weight excluding hydrogens is 226 g/mol. The van der Waals surface area contributed by atoms with E-state index < -0.39 is 0 Å². The Bertz CT molecular complexity index is 475. The molecule has 0 aliphatic carbocycles. The van der Waals surface area contributed by atoms with Crippen LogP contribution in [0.25, 0.3) is 6.08 Å². The minimum absolute atomic E-state index is 0.220. The Balaban J connectivity index is 2.27. The molecule has 1 aliphatic heterocycles. The molecule has 0 radical (unpaired) electrons. The molecule has 0 unspecified atom stereocenters. The van der Waals surface area contributed by atoms with Crippen molar-refractivity contribution in [3.63, 3.8) is 0 Å². The number of nitrogens with zero attached hydrogens (tertiary/aromatic N) is 1. The quantitative estimate of drug-likeness (QED) is 0.742. The number of carbonyl (C=O) groups is 2. The molecule has 84 valence electrons. The second-order valence-electron chi connectivity index (χ2n) is 3.37. The van der Waals surface area contributed by atoms with Crippen molar-refractivity contribution in [1.82, 2.24) is 4.90 Å². The normalized spacial score (nSPS) is 18.9. The first-order valence-corrected chi connectivity index (χ1v) is 5.75. The summed E-state index contributed by atoms with van der Waals surface area (Å²) in [6, 6.07) is 3.59. The lowest BCUT2D eigenvalue weighted by molar-refractivity contribution is -0.122. The van der Waals surface area contributed by atoms with E-state index in [-0.39, 0.29) is 11.1 Å². The maximum atomic E-state index is 11.7. The van der Waals surface area contributed by atoms with Crippen molar-refractivity contribution < 1.29 is 14.0 Å². The van der Waals surface area contributed by atoms with Gasteiger partial charge in [-0.25, -0.2) is 0 Å². The van der Waals surface area contributed by atoms with E-state index in [0.717, 1.165) is 17.5 Å². The molecule has 0 atom stereocenters. The van der Waals surface area contributed by atoms with Gasteiger partial charge in [-0.3, -0.25) is 14.5 Å². The Morgan fingerprint density at radius 3 is 2.69 bits per heavy atom. The van der Waals surface area contributed by atoms with Crippen LogP contribution in [0.5, 0.6) is 0 Å². The molecule has 2 heterocycles. The Morgan fingerprint density at radius 1 is 1.44 bits per heavy atom. The number of likely N-dealkylation sites (N-methyl/N-ethyl adjacent to an activating group) is 1. The zero-order valence-electron chi connectivity index (χ0n) is 9.02. The van der Waals surface area contributed by atoms with Gasteiger partial charge in [-0.05, 0) is 37.7 Å². The highest BCUT2D eigenvalue weighted by molar-refractivity contribution is 8.18. The predicted octanol–water partition coefficient (Wildman–Crippen LogP) is 2.64. The number of furan rings is 1. The number of thioether (sulfide) groups is 1. The lowest BCUT2D eigenvalue weighted by atomic mass is 10.3. The SMILES string of the molecule is CCN1C(=O)SC(=Cc2ccc(C)o2)C1=O. The maximum absolute atomic E-state index is 11.7. The fourth-order valence-electron chi connectivity index (χ4n) is 1.43. The molecule has 0 bridgehead atoms.